The molecule has 20 heavy (non-hydrogen) atoms. The molecule has 0 aliphatic carbocycles. The molecule has 0 saturated heterocycles. The Hall–Kier alpha value is -1.51. The van der Waals surface area contributed by atoms with Gasteiger partial charge in [-0.3, -0.25) is 4.79 Å². The zero-order valence-electron chi connectivity index (χ0n) is 11.0. The highest BCUT2D eigenvalue weighted by Gasteiger charge is 2.16. The van der Waals surface area contributed by atoms with Crippen LogP contribution in [0.1, 0.15) is 19.8 Å². The maximum Gasteiger partial charge on any atom is 0.303 e. The van der Waals surface area contributed by atoms with Crippen LogP contribution in [-0.4, -0.2) is 31.3 Å². The van der Waals surface area contributed by atoms with E-state index in [1.165, 1.54) is 0 Å². The normalized spacial score (nSPS) is 12.3. The van der Waals surface area contributed by atoms with Crippen molar-refractivity contribution in [3.8, 4) is 11.4 Å². The maximum atomic E-state index is 10.8. The second-order valence-corrected chi connectivity index (χ2v) is 5.81. The van der Waals surface area contributed by atoms with Crippen molar-refractivity contribution in [3.63, 3.8) is 0 Å². The number of benzene rings is 1. The van der Waals surface area contributed by atoms with Gasteiger partial charge >= 0.3 is 5.97 Å². The van der Waals surface area contributed by atoms with Crippen LogP contribution in [0.3, 0.4) is 0 Å². The molecule has 1 N–H and O–H groups in total. The number of halogens is 1. The number of nitrogens with zero attached hydrogens (tertiary/aromatic N) is 4. The number of hydrogen-bond acceptors (Lipinski definition) is 4. The first-order valence-corrected chi connectivity index (χ1v) is 7.42. The topological polar surface area (TPSA) is 80.9 Å². The van der Waals surface area contributed by atoms with Crippen LogP contribution in [0.2, 0.25) is 0 Å². The number of tetrazole rings is 1. The molecule has 0 spiro atoms. The maximum absolute atomic E-state index is 10.8. The highest BCUT2D eigenvalue weighted by atomic mass is 127. The Kier molecular flexibility index (Phi) is 5.05. The van der Waals surface area contributed by atoms with Gasteiger partial charge in [-0.15, -0.1) is 5.10 Å². The fourth-order valence-corrected chi connectivity index (χ4v) is 2.53. The van der Waals surface area contributed by atoms with E-state index in [1.54, 1.807) is 4.68 Å². The van der Waals surface area contributed by atoms with Crippen molar-refractivity contribution >= 4 is 28.6 Å². The van der Waals surface area contributed by atoms with Gasteiger partial charge in [-0.2, -0.15) is 0 Å². The number of carboxylic acid groups (broad SMARTS) is 1. The Balaban J connectivity index is 2.22. The van der Waals surface area contributed by atoms with E-state index in [2.05, 4.69) is 38.1 Å². The summed E-state index contributed by atoms with van der Waals surface area (Å²) in [5, 5.41) is 20.6. The highest BCUT2D eigenvalue weighted by molar-refractivity contribution is 14.1. The predicted molar refractivity (Wildman–Crippen MR) is 82.0 cm³/mol. The standard InChI is InChI=1S/C13H15IN4O2/c1-2-9(6-12(19)20)8-18-13(15-16-17-18)10-4-3-5-11(14)7-10/h3-5,7,9H,2,6,8H2,1H3,(H,19,20). The van der Waals surface area contributed by atoms with E-state index >= 15 is 0 Å². The van der Waals surface area contributed by atoms with E-state index in [0.29, 0.717) is 12.4 Å². The third kappa shape index (κ3) is 3.75. The van der Waals surface area contributed by atoms with Crippen molar-refractivity contribution in [2.75, 3.05) is 0 Å². The van der Waals surface area contributed by atoms with Crippen LogP contribution in [0.15, 0.2) is 24.3 Å². The van der Waals surface area contributed by atoms with E-state index in [-0.39, 0.29) is 12.3 Å². The summed E-state index contributed by atoms with van der Waals surface area (Å²) in [6, 6.07) is 7.89. The molecule has 1 unspecified atom stereocenters. The third-order valence-corrected chi connectivity index (χ3v) is 3.76. The molecule has 1 atom stereocenters. The first kappa shape index (κ1) is 14.9. The van der Waals surface area contributed by atoms with Crippen LogP contribution in [0.5, 0.6) is 0 Å². The Morgan fingerprint density at radius 2 is 2.30 bits per heavy atom. The van der Waals surface area contributed by atoms with E-state index in [9.17, 15) is 4.79 Å². The van der Waals surface area contributed by atoms with Gasteiger partial charge in [0.25, 0.3) is 0 Å². The van der Waals surface area contributed by atoms with Crippen molar-refractivity contribution in [3.05, 3.63) is 27.8 Å². The van der Waals surface area contributed by atoms with Crippen LogP contribution < -0.4 is 0 Å². The van der Waals surface area contributed by atoms with Crippen LogP contribution in [0.25, 0.3) is 11.4 Å². The first-order chi connectivity index (χ1) is 9.60. The monoisotopic (exact) mass is 386 g/mol. The molecule has 0 fully saturated rings. The van der Waals surface area contributed by atoms with Crippen LogP contribution in [0.4, 0.5) is 0 Å². The van der Waals surface area contributed by atoms with E-state index in [0.717, 1.165) is 15.6 Å². The van der Waals surface area contributed by atoms with Gasteiger partial charge in [-0.1, -0.05) is 25.5 Å². The lowest BCUT2D eigenvalue weighted by Crippen LogP contribution is -2.16. The summed E-state index contributed by atoms with van der Waals surface area (Å²) in [5.74, 6) is -0.0920. The summed E-state index contributed by atoms with van der Waals surface area (Å²) in [7, 11) is 0. The second-order valence-electron chi connectivity index (χ2n) is 4.57. The third-order valence-electron chi connectivity index (χ3n) is 3.09. The second kappa shape index (κ2) is 6.78. The lowest BCUT2D eigenvalue weighted by Gasteiger charge is -2.13. The Morgan fingerprint density at radius 3 is 2.95 bits per heavy atom. The average Bonchev–Trinajstić information content (AvgIpc) is 2.85. The summed E-state index contributed by atoms with van der Waals surface area (Å²) in [6.07, 6.45) is 0.903. The molecule has 6 nitrogen and oxygen atoms in total. The summed E-state index contributed by atoms with van der Waals surface area (Å²) >= 11 is 2.24. The minimum Gasteiger partial charge on any atom is -0.481 e. The number of carbonyl (C=O) groups is 1. The molecule has 2 aromatic rings. The highest BCUT2D eigenvalue weighted by Crippen LogP contribution is 2.20. The fraction of sp³-hybridized carbons (Fsp3) is 0.385. The number of aromatic nitrogens is 4. The Morgan fingerprint density at radius 1 is 1.50 bits per heavy atom. The van der Waals surface area contributed by atoms with Crippen molar-refractivity contribution in [1.82, 2.24) is 20.2 Å². The van der Waals surface area contributed by atoms with Gasteiger partial charge in [0.2, 0.25) is 0 Å². The van der Waals surface area contributed by atoms with E-state index in [4.69, 9.17) is 5.11 Å². The van der Waals surface area contributed by atoms with Crippen molar-refractivity contribution < 1.29 is 9.90 Å². The molecule has 106 valence electrons. The van der Waals surface area contributed by atoms with E-state index in [1.807, 2.05) is 31.2 Å². The molecule has 0 bridgehead atoms. The molecule has 1 aromatic heterocycles. The van der Waals surface area contributed by atoms with Gasteiger partial charge in [-0.25, -0.2) is 4.68 Å². The summed E-state index contributed by atoms with van der Waals surface area (Å²) in [6.45, 7) is 2.49. The quantitative estimate of drug-likeness (QED) is 0.772. The lowest BCUT2D eigenvalue weighted by atomic mass is 10.0. The molecule has 0 saturated carbocycles. The summed E-state index contributed by atoms with van der Waals surface area (Å²) in [4.78, 5) is 10.8. The number of hydrogen-bond donors (Lipinski definition) is 1. The van der Waals surface area contributed by atoms with Gasteiger partial charge in [0.1, 0.15) is 0 Å². The molecule has 0 aliphatic heterocycles. The smallest absolute Gasteiger partial charge is 0.303 e. The molecule has 1 heterocycles. The van der Waals surface area contributed by atoms with Gasteiger partial charge in [0, 0.05) is 22.1 Å². The molecule has 0 aliphatic rings. The van der Waals surface area contributed by atoms with Crippen LogP contribution in [0, 0.1) is 9.49 Å². The van der Waals surface area contributed by atoms with Gasteiger partial charge < -0.3 is 5.11 Å². The average molecular weight is 386 g/mol. The summed E-state index contributed by atoms with van der Waals surface area (Å²) in [5.41, 5.74) is 0.937. The lowest BCUT2D eigenvalue weighted by molar-refractivity contribution is -0.138. The number of aliphatic carboxylic acids is 1. The SMILES string of the molecule is CCC(CC(=O)O)Cn1nnnc1-c1cccc(I)c1. The number of carboxylic acids is 1. The van der Waals surface area contributed by atoms with Crippen molar-refractivity contribution in [2.45, 2.75) is 26.3 Å². The molecular weight excluding hydrogens is 371 g/mol. The minimum atomic E-state index is -0.791. The van der Waals surface area contributed by atoms with Crippen molar-refractivity contribution in [1.29, 1.82) is 0 Å². The van der Waals surface area contributed by atoms with Gasteiger partial charge in [-0.05, 0) is 51.1 Å². The summed E-state index contributed by atoms with van der Waals surface area (Å²) < 4.78 is 2.79. The zero-order valence-corrected chi connectivity index (χ0v) is 13.2. The Labute approximate surface area is 130 Å². The van der Waals surface area contributed by atoms with Crippen LogP contribution in [-0.2, 0) is 11.3 Å². The molecule has 2 rings (SSSR count). The largest absolute Gasteiger partial charge is 0.481 e. The van der Waals surface area contributed by atoms with Crippen LogP contribution >= 0.6 is 22.6 Å². The zero-order chi connectivity index (χ0) is 14.5. The Bertz CT molecular complexity index is 600. The fourth-order valence-electron chi connectivity index (χ4n) is 1.99. The van der Waals surface area contributed by atoms with E-state index < -0.39 is 5.97 Å². The van der Waals surface area contributed by atoms with Gasteiger partial charge in [0.05, 0.1) is 0 Å². The first-order valence-electron chi connectivity index (χ1n) is 6.34. The van der Waals surface area contributed by atoms with Crippen molar-refractivity contribution in [2.24, 2.45) is 5.92 Å². The molecule has 0 radical (unpaired) electrons. The van der Waals surface area contributed by atoms with Gasteiger partial charge in [0.15, 0.2) is 5.82 Å². The molecule has 1 aromatic carbocycles. The number of rotatable bonds is 6. The predicted octanol–water partition coefficient (Wildman–Crippen LogP) is 2.45. The molecular formula is C13H15IN4O2. The minimum absolute atomic E-state index is 0.0255. The molecule has 0 amide bonds. The molecule has 7 heteroatoms.